The van der Waals surface area contributed by atoms with Crippen molar-refractivity contribution < 1.29 is 13.2 Å². The van der Waals surface area contributed by atoms with Gasteiger partial charge >= 0.3 is 0 Å². The van der Waals surface area contributed by atoms with Crippen LogP contribution in [0.2, 0.25) is 5.02 Å². The Kier molecular flexibility index (Phi) is 6.67. The molecule has 0 saturated carbocycles. The number of anilines is 1. The van der Waals surface area contributed by atoms with Gasteiger partial charge in [-0.25, -0.2) is 8.42 Å². The van der Waals surface area contributed by atoms with Gasteiger partial charge in [-0.15, -0.1) is 0 Å². The van der Waals surface area contributed by atoms with Gasteiger partial charge in [0.15, 0.2) is 0 Å². The fraction of sp³-hybridized carbons (Fsp3) is 0.316. The number of sulfonamides is 1. The van der Waals surface area contributed by atoms with Crippen molar-refractivity contribution >= 4 is 33.2 Å². The van der Waals surface area contributed by atoms with Crippen LogP contribution in [0.3, 0.4) is 0 Å². The molecule has 0 aliphatic rings. The highest BCUT2D eigenvalue weighted by Gasteiger charge is 2.20. The van der Waals surface area contributed by atoms with Gasteiger partial charge < -0.3 is 5.32 Å². The van der Waals surface area contributed by atoms with Gasteiger partial charge in [0.1, 0.15) is 0 Å². The normalized spacial score (nSPS) is 11.2. The van der Waals surface area contributed by atoms with Gasteiger partial charge in [0.2, 0.25) is 15.9 Å². The van der Waals surface area contributed by atoms with Gasteiger partial charge in [-0.05, 0) is 42.7 Å². The molecule has 0 spiro atoms. The lowest BCUT2D eigenvalue weighted by Gasteiger charge is -2.24. The summed E-state index contributed by atoms with van der Waals surface area (Å²) in [5.41, 5.74) is 3.40. The molecule has 0 aromatic heterocycles. The average molecular weight is 395 g/mol. The highest BCUT2D eigenvalue weighted by molar-refractivity contribution is 7.92. The van der Waals surface area contributed by atoms with Gasteiger partial charge in [-0.3, -0.25) is 9.10 Å². The Balaban J connectivity index is 2.05. The lowest BCUT2D eigenvalue weighted by Crippen LogP contribution is -2.35. The highest BCUT2D eigenvalue weighted by atomic mass is 35.5. The summed E-state index contributed by atoms with van der Waals surface area (Å²) in [6, 6.07) is 12.9. The van der Waals surface area contributed by atoms with Gasteiger partial charge in [-0.1, -0.05) is 41.9 Å². The molecule has 2 aromatic carbocycles. The van der Waals surface area contributed by atoms with Crippen LogP contribution in [0.15, 0.2) is 42.5 Å². The first kappa shape index (κ1) is 20.3. The summed E-state index contributed by atoms with van der Waals surface area (Å²) in [5.74, 6) is -0.207. The number of carbonyl (C=O) groups is 1. The maximum Gasteiger partial charge on any atom is 0.232 e. The van der Waals surface area contributed by atoms with Crippen LogP contribution in [-0.2, 0) is 21.4 Å². The molecule has 1 N–H and O–H groups in total. The van der Waals surface area contributed by atoms with Crippen LogP contribution >= 0.6 is 11.6 Å². The Morgan fingerprint density at radius 3 is 2.46 bits per heavy atom. The van der Waals surface area contributed by atoms with E-state index in [0.717, 1.165) is 22.9 Å². The van der Waals surface area contributed by atoms with Gasteiger partial charge in [0.25, 0.3) is 0 Å². The lowest BCUT2D eigenvalue weighted by molar-refractivity contribution is -0.121. The first-order chi connectivity index (χ1) is 12.2. The van der Waals surface area contributed by atoms with Crippen molar-refractivity contribution in [2.45, 2.75) is 26.8 Å². The van der Waals surface area contributed by atoms with Crippen LogP contribution in [0.1, 0.15) is 23.1 Å². The van der Waals surface area contributed by atoms with E-state index in [4.69, 9.17) is 11.6 Å². The number of hydrogen-bond donors (Lipinski definition) is 1. The van der Waals surface area contributed by atoms with E-state index in [2.05, 4.69) is 5.32 Å². The van der Waals surface area contributed by atoms with E-state index in [0.29, 0.717) is 17.3 Å². The number of nitrogens with zero attached hydrogens (tertiary/aromatic N) is 1. The second-order valence-electron chi connectivity index (χ2n) is 6.22. The van der Waals surface area contributed by atoms with Gasteiger partial charge in [0, 0.05) is 24.5 Å². The predicted octanol–water partition coefficient (Wildman–Crippen LogP) is 3.43. The Bertz CT molecular complexity index is 897. The molecule has 1 amide bonds. The number of benzene rings is 2. The van der Waals surface area contributed by atoms with Crippen molar-refractivity contribution in [2.75, 3.05) is 17.1 Å². The molecule has 26 heavy (non-hydrogen) atoms. The van der Waals surface area contributed by atoms with E-state index >= 15 is 0 Å². The largest absolute Gasteiger partial charge is 0.352 e. The summed E-state index contributed by atoms with van der Waals surface area (Å²) in [6.45, 7) is 4.26. The third-order valence-corrected chi connectivity index (χ3v) is 5.53. The maximum absolute atomic E-state index is 12.2. The second kappa shape index (κ2) is 8.56. The van der Waals surface area contributed by atoms with Crippen molar-refractivity contribution in [1.29, 1.82) is 0 Å². The zero-order valence-electron chi connectivity index (χ0n) is 15.1. The SMILES string of the molecule is Cc1ccccc1CNC(=O)CCN(c1cc(Cl)ccc1C)S(C)(=O)=O. The molecule has 5 nitrogen and oxygen atoms in total. The number of nitrogens with one attached hydrogen (secondary N) is 1. The Hall–Kier alpha value is -2.05. The van der Waals surface area contributed by atoms with Crippen molar-refractivity contribution in [2.24, 2.45) is 0 Å². The van der Waals surface area contributed by atoms with Gasteiger partial charge in [-0.2, -0.15) is 0 Å². The molecule has 0 aliphatic heterocycles. The van der Waals surface area contributed by atoms with Crippen LogP contribution in [-0.4, -0.2) is 27.1 Å². The molecular weight excluding hydrogens is 372 g/mol. The lowest BCUT2D eigenvalue weighted by atomic mass is 10.1. The topological polar surface area (TPSA) is 66.5 Å². The minimum absolute atomic E-state index is 0.0552. The Labute approximate surface area is 160 Å². The highest BCUT2D eigenvalue weighted by Crippen LogP contribution is 2.26. The van der Waals surface area contributed by atoms with E-state index in [1.54, 1.807) is 18.2 Å². The third-order valence-electron chi connectivity index (χ3n) is 4.12. The van der Waals surface area contributed by atoms with E-state index in [1.165, 1.54) is 4.31 Å². The molecule has 2 aromatic rings. The summed E-state index contributed by atoms with van der Waals surface area (Å²) in [6.07, 6.45) is 1.18. The van der Waals surface area contributed by atoms with E-state index < -0.39 is 10.0 Å². The van der Waals surface area contributed by atoms with E-state index in [1.807, 2.05) is 38.1 Å². The number of halogens is 1. The van der Waals surface area contributed by atoms with Crippen LogP contribution in [0, 0.1) is 13.8 Å². The number of carbonyl (C=O) groups excluding carboxylic acids is 1. The Morgan fingerprint density at radius 2 is 1.81 bits per heavy atom. The number of rotatable bonds is 7. The summed E-state index contributed by atoms with van der Waals surface area (Å²) >= 11 is 6.01. The summed E-state index contributed by atoms with van der Waals surface area (Å²) < 4.78 is 25.6. The predicted molar refractivity (Wildman–Crippen MR) is 106 cm³/mol. The number of aryl methyl sites for hydroxylation is 2. The van der Waals surface area contributed by atoms with E-state index in [-0.39, 0.29) is 18.9 Å². The van der Waals surface area contributed by atoms with Gasteiger partial charge in [0.05, 0.1) is 11.9 Å². The fourth-order valence-corrected chi connectivity index (χ4v) is 3.75. The fourth-order valence-electron chi connectivity index (χ4n) is 2.61. The molecule has 0 bridgehead atoms. The monoisotopic (exact) mass is 394 g/mol. The molecule has 0 saturated heterocycles. The van der Waals surface area contributed by atoms with Crippen molar-refractivity contribution in [1.82, 2.24) is 5.32 Å². The smallest absolute Gasteiger partial charge is 0.232 e. The van der Waals surface area contributed by atoms with Crippen molar-refractivity contribution in [3.8, 4) is 0 Å². The molecule has 0 unspecified atom stereocenters. The maximum atomic E-state index is 12.2. The van der Waals surface area contributed by atoms with Crippen LogP contribution in [0.5, 0.6) is 0 Å². The second-order valence-corrected chi connectivity index (χ2v) is 8.56. The molecule has 7 heteroatoms. The molecule has 0 aliphatic carbocycles. The molecule has 0 atom stereocenters. The zero-order chi connectivity index (χ0) is 19.3. The third kappa shape index (κ3) is 5.47. The van der Waals surface area contributed by atoms with Crippen molar-refractivity contribution in [3.63, 3.8) is 0 Å². The summed E-state index contributed by atoms with van der Waals surface area (Å²) in [5, 5.41) is 3.29. The quantitative estimate of drug-likeness (QED) is 0.782. The molecule has 0 heterocycles. The minimum atomic E-state index is -3.53. The summed E-state index contributed by atoms with van der Waals surface area (Å²) in [7, 11) is -3.53. The van der Waals surface area contributed by atoms with Crippen LogP contribution in [0.4, 0.5) is 5.69 Å². The Morgan fingerprint density at radius 1 is 1.12 bits per heavy atom. The van der Waals surface area contributed by atoms with E-state index in [9.17, 15) is 13.2 Å². The minimum Gasteiger partial charge on any atom is -0.352 e. The van der Waals surface area contributed by atoms with Crippen LogP contribution in [0.25, 0.3) is 0 Å². The molecule has 2 rings (SSSR count). The first-order valence-electron chi connectivity index (χ1n) is 8.23. The number of hydrogen-bond acceptors (Lipinski definition) is 3. The molecule has 0 fully saturated rings. The molecule has 140 valence electrons. The number of amides is 1. The van der Waals surface area contributed by atoms with Crippen LogP contribution < -0.4 is 9.62 Å². The zero-order valence-corrected chi connectivity index (χ0v) is 16.7. The molecule has 0 radical (unpaired) electrons. The van der Waals surface area contributed by atoms with Crippen molar-refractivity contribution in [3.05, 3.63) is 64.2 Å². The first-order valence-corrected chi connectivity index (χ1v) is 10.5. The summed E-state index contributed by atoms with van der Waals surface area (Å²) in [4.78, 5) is 12.2. The standard InChI is InChI=1S/C19H23ClN2O3S/c1-14-6-4-5-7-16(14)13-21-19(23)10-11-22(26(3,24)25)18-12-17(20)9-8-15(18)2/h4-9,12H,10-11,13H2,1-3H3,(H,21,23). The average Bonchev–Trinajstić information content (AvgIpc) is 2.56. The molecular formula is C19H23ClN2O3S.